The fourth-order valence-electron chi connectivity index (χ4n) is 2.27. The predicted octanol–water partition coefficient (Wildman–Crippen LogP) is 2.59. The SMILES string of the molecule is CN1C(=O)CSc2ccc(C(=O)Nc3ccc(S(=O)O)cc3)cc21. The fraction of sp³-hybridized carbons (Fsp3) is 0.125. The second-order valence-electron chi connectivity index (χ2n) is 5.15. The van der Waals surface area contributed by atoms with Gasteiger partial charge in [0.1, 0.15) is 0 Å². The van der Waals surface area contributed by atoms with Crippen LogP contribution < -0.4 is 10.2 Å². The maximum Gasteiger partial charge on any atom is 0.255 e. The first kappa shape index (κ1) is 16.7. The molecule has 124 valence electrons. The predicted molar refractivity (Wildman–Crippen MR) is 94.0 cm³/mol. The molecule has 3 rings (SSSR count). The van der Waals surface area contributed by atoms with Crippen LogP contribution in [0.15, 0.2) is 52.3 Å². The Bertz CT molecular complexity index is 836. The van der Waals surface area contributed by atoms with Gasteiger partial charge >= 0.3 is 0 Å². The number of anilines is 2. The van der Waals surface area contributed by atoms with E-state index in [1.807, 2.05) is 6.07 Å². The van der Waals surface area contributed by atoms with Gasteiger partial charge in [-0.3, -0.25) is 9.59 Å². The van der Waals surface area contributed by atoms with E-state index in [4.69, 9.17) is 4.55 Å². The van der Waals surface area contributed by atoms with Gasteiger partial charge in [-0.1, -0.05) is 0 Å². The number of benzene rings is 2. The van der Waals surface area contributed by atoms with Gasteiger partial charge in [0.2, 0.25) is 5.91 Å². The maximum absolute atomic E-state index is 12.4. The van der Waals surface area contributed by atoms with Crippen LogP contribution in [0, 0.1) is 0 Å². The van der Waals surface area contributed by atoms with Gasteiger partial charge in [0.25, 0.3) is 5.91 Å². The fourth-order valence-corrected chi connectivity index (χ4v) is 3.62. The molecule has 0 spiro atoms. The Morgan fingerprint density at radius 1 is 1.25 bits per heavy atom. The molecular formula is C16H14N2O4S2. The molecule has 24 heavy (non-hydrogen) atoms. The summed E-state index contributed by atoms with van der Waals surface area (Å²) >= 11 is -0.594. The largest absolute Gasteiger partial charge is 0.322 e. The van der Waals surface area contributed by atoms with Crippen molar-refractivity contribution in [1.82, 2.24) is 0 Å². The van der Waals surface area contributed by atoms with Gasteiger partial charge in [-0.15, -0.1) is 11.8 Å². The van der Waals surface area contributed by atoms with E-state index in [2.05, 4.69) is 5.32 Å². The van der Waals surface area contributed by atoms with E-state index in [1.165, 1.54) is 23.9 Å². The standard InChI is InChI=1S/C16H14N2O4S2/c1-18-13-8-10(2-7-14(13)23-9-15(18)19)16(20)17-11-3-5-12(6-4-11)24(21)22/h2-8H,9H2,1H3,(H,17,20)(H,21,22). The van der Waals surface area contributed by atoms with Gasteiger partial charge in [-0.05, 0) is 42.5 Å². The van der Waals surface area contributed by atoms with Gasteiger partial charge in [0, 0.05) is 23.2 Å². The number of fused-ring (bicyclic) bond motifs is 1. The molecule has 2 amide bonds. The minimum Gasteiger partial charge on any atom is -0.322 e. The zero-order valence-corrected chi connectivity index (χ0v) is 14.3. The van der Waals surface area contributed by atoms with Crippen molar-refractivity contribution in [3.05, 3.63) is 48.0 Å². The lowest BCUT2D eigenvalue weighted by molar-refractivity contribution is -0.116. The molecule has 0 aromatic heterocycles. The number of rotatable bonds is 3. The lowest BCUT2D eigenvalue weighted by atomic mass is 10.1. The average molecular weight is 362 g/mol. The summed E-state index contributed by atoms with van der Waals surface area (Å²) in [5.41, 5.74) is 1.67. The molecule has 1 aliphatic heterocycles. The third kappa shape index (κ3) is 3.35. The highest BCUT2D eigenvalue weighted by Crippen LogP contribution is 2.35. The lowest BCUT2D eigenvalue weighted by Gasteiger charge is -2.25. The van der Waals surface area contributed by atoms with E-state index in [-0.39, 0.29) is 16.7 Å². The number of hydrogen-bond acceptors (Lipinski definition) is 4. The molecule has 6 nitrogen and oxygen atoms in total. The lowest BCUT2D eigenvalue weighted by Crippen LogP contribution is -2.31. The summed E-state index contributed by atoms with van der Waals surface area (Å²) in [7, 11) is 1.69. The third-order valence-electron chi connectivity index (χ3n) is 3.62. The summed E-state index contributed by atoms with van der Waals surface area (Å²) in [4.78, 5) is 26.9. The maximum atomic E-state index is 12.4. The number of carbonyl (C=O) groups excluding carboxylic acids is 2. The normalized spacial score (nSPS) is 14.9. The summed E-state index contributed by atoms with van der Waals surface area (Å²) < 4.78 is 19.9. The molecule has 0 saturated heterocycles. The molecule has 1 aliphatic rings. The molecule has 0 aliphatic carbocycles. The van der Waals surface area contributed by atoms with Gasteiger partial charge in [0.05, 0.1) is 16.3 Å². The molecule has 1 atom stereocenters. The summed E-state index contributed by atoms with van der Waals surface area (Å²) in [6.45, 7) is 0. The minimum absolute atomic E-state index is 0.00218. The zero-order valence-electron chi connectivity index (χ0n) is 12.7. The Hall–Kier alpha value is -2.16. The highest BCUT2D eigenvalue weighted by molar-refractivity contribution is 8.00. The number of hydrogen-bond donors (Lipinski definition) is 2. The first-order valence-corrected chi connectivity index (χ1v) is 9.10. The zero-order chi connectivity index (χ0) is 17.3. The molecule has 0 radical (unpaired) electrons. The van der Waals surface area contributed by atoms with Crippen molar-refractivity contribution in [2.75, 3.05) is 23.0 Å². The van der Waals surface area contributed by atoms with Crippen LogP contribution in [0.2, 0.25) is 0 Å². The summed E-state index contributed by atoms with van der Waals surface area (Å²) in [5, 5.41) is 2.73. The van der Waals surface area contributed by atoms with Crippen molar-refractivity contribution < 1.29 is 18.4 Å². The quantitative estimate of drug-likeness (QED) is 0.820. The van der Waals surface area contributed by atoms with Crippen LogP contribution in [-0.4, -0.2) is 33.4 Å². The highest BCUT2D eigenvalue weighted by Gasteiger charge is 2.22. The highest BCUT2D eigenvalue weighted by atomic mass is 32.2. The molecule has 1 heterocycles. The summed E-state index contributed by atoms with van der Waals surface area (Å²) in [5.74, 6) is 0.0814. The van der Waals surface area contributed by atoms with Crippen LogP contribution in [0.4, 0.5) is 11.4 Å². The summed E-state index contributed by atoms with van der Waals surface area (Å²) in [6.07, 6.45) is 0. The van der Waals surface area contributed by atoms with Gasteiger partial charge in [-0.25, -0.2) is 4.21 Å². The van der Waals surface area contributed by atoms with Crippen LogP contribution in [-0.2, 0) is 15.9 Å². The van der Waals surface area contributed by atoms with Crippen LogP contribution in [0.5, 0.6) is 0 Å². The Labute approximate surface area is 145 Å². The molecule has 8 heteroatoms. The van der Waals surface area contributed by atoms with Crippen molar-refractivity contribution in [2.24, 2.45) is 0 Å². The van der Waals surface area contributed by atoms with Crippen molar-refractivity contribution in [3.63, 3.8) is 0 Å². The number of thioether (sulfide) groups is 1. The van der Waals surface area contributed by atoms with E-state index >= 15 is 0 Å². The molecule has 2 aromatic rings. The Kier molecular flexibility index (Phi) is 4.70. The molecule has 2 N–H and O–H groups in total. The van der Waals surface area contributed by atoms with E-state index in [0.717, 1.165) is 10.6 Å². The number of carbonyl (C=O) groups is 2. The Morgan fingerprint density at radius 2 is 1.96 bits per heavy atom. The minimum atomic E-state index is -2.05. The Morgan fingerprint density at radius 3 is 2.62 bits per heavy atom. The Balaban J connectivity index is 1.80. The summed E-state index contributed by atoms with van der Waals surface area (Å²) in [6, 6.07) is 11.3. The van der Waals surface area contributed by atoms with Crippen molar-refractivity contribution in [2.45, 2.75) is 9.79 Å². The van der Waals surface area contributed by atoms with Gasteiger partial charge in [-0.2, -0.15) is 0 Å². The first-order valence-electron chi connectivity index (χ1n) is 7.01. The third-order valence-corrected chi connectivity index (χ3v) is 5.34. The van der Waals surface area contributed by atoms with E-state index < -0.39 is 11.1 Å². The van der Waals surface area contributed by atoms with E-state index in [1.54, 1.807) is 36.2 Å². The molecule has 0 saturated carbocycles. The molecule has 1 unspecified atom stereocenters. The molecular weight excluding hydrogens is 348 g/mol. The average Bonchev–Trinajstić information content (AvgIpc) is 2.58. The first-order chi connectivity index (χ1) is 11.5. The number of nitrogens with one attached hydrogen (secondary N) is 1. The number of nitrogens with zero attached hydrogens (tertiary/aromatic N) is 1. The van der Waals surface area contributed by atoms with Gasteiger partial charge < -0.3 is 14.8 Å². The monoisotopic (exact) mass is 362 g/mol. The number of amides is 2. The van der Waals surface area contributed by atoms with Gasteiger partial charge in [0.15, 0.2) is 11.1 Å². The molecule has 0 bridgehead atoms. The van der Waals surface area contributed by atoms with Crippen LogP contribution >= 0.6 is 11.8 Å². The topological polar surface area (TPSA) is 86.7 Å². The second-order valence-corrected chi connectivity index (χ2v) is 7.14. The molecule has 2 aromatic carbocycles. The van der Waals surface area contributed by atoms with E-state index in [0.29, 0.717) is 17.0 Å². The van der Waals surface area contributed by atoms with Crippen LogP contribution in [0.3, 0.4) is 0 Å². The van der Waals surface area contributed by atoms with Crippen LogP contribution in [0.1, 0.15) is 10.4 Å². The second kappa shape index (κ2) is 6.76. The molecule has 0 fully saturated rings. The van der Waals surface area contributed by atoms with Crippen molar-refractivity contribution >= 4 is 46.0 Å². The van der Waals surface area contributed by atoms with Crippen molar-refractivity contribution in [1.29, 1.82) is 0 Å². The van der Waals surface area contributed by atoms with Crippen LogP contribution in [0.25, 0.3) is 0 Å². The van der Waals surface area contributed by atoms with E-state index in [9.17, 15) is 13.8 Å². The smallest absolute Gasteiger partial charge is 0.255 e. The van der Waals surface area contributed by atoms with Crippen molar-refractivity contribution in [3.8, 4) is 0 Å².